The number of halogens is 4. The van der Waals surface area contributed by atoms with Crippen LogP contribution >= 0.6 is 12.4 Å². The van der Waals surface area contributed by atoms with E-state index >= 15 is 0 Å². The van der Waals surface area contributed by atoms with E-state index in [1.165, 1.54) is 6.07 Å². The Hall–Kier alpha value is -2.58. The summed E-state index contributed by atoms with van der Waals surface area (Å²) >= 11 is 0. The highest BCUT2D eigenvalue weighted by Gasteiger charge is 2.34. The third-order valence-electron chi connectivity index (χ3n) is 4.46. The maximum atomic E-state index is 12.9. The highest BCUT2D eigenvalue weighted by atomic mass is 35.5. The maximum Gasteiger partial charge on any atom is 0.449 e. The van der Waals surface area contributed by atoms with Crippen molar-refractivity contribution in [2.45, 2.75) is 38.0 Å². The van der Waals surface area contributed by atoms with Gasteiger partial charge >= 0.3 is 6.18 Å². The van der Waals surface area contributed by atoms with Crippen molar-refractivity contribution in [1.29, 1.82) is 0 Å². The lowest BCUT2D eigenvalue weighted by atomic mass is 9.97. The number of nitrogens with zero attached hydrogens (tertiary/aromatic N) is 1. The number of benzene rings is 2. The Morgan fingerprint density at radius 1 is 1.17 bits per heavy atom. The number of aromatic nitrogens is 2. The zero-order valence-corrected chi connectivity index (χ0v) is 16.5. The Morgan fingerprint density at radius 3 is 2.48 bits per heavy atom. The van der Waals surface area contributed by atoms with Crippen LogP contribution in [0.5, 0.6) is 0 Å². The Morgan fingerprint density at radius 2 is 1.86 bits per heavy atom. The van der Waals surface area contributed by atoms with Gasteiger partial charge in [-0.15, -0.1) is 12.4 Å². The minimum atomic E-state index is -4.56. The summed E-state index contributed by atoms with van der Waals surface area (Å²) in [6.07, 6.45) is -3.24. The van der Waals surface area contributed by atoms with Crippen molar-refractivity contribution in [1.82, 2.24) is 15.3 Å². The molecule has 29 heavy (non-hydrogen) atoms. The van der Waals surface area contributed by atoms with Gasteiger partial charge in [0.1, 0.15) is 0 Å². The molecule has 0 saturated carbocycles. The quantitative estimate of drug-likeness (QED) is 0.548. The summed E-state index contributed by atoms with van der Waals surface area (Å²) in [5.74, 6) is -1.36. The third kappa shape index (κ3) is 5.27. The minimum Gasteiger partial charge on any atom is -0.344 e. The monoisotopic (exact) mass is 426 g/mol. The molecule has 0 radical (unpaired) electrons. The average molecular weight is 427 g/mol. The van der Waals surface area contributed by atoms with Crippen LogP contribution in [-0.2, 0) is 11.0 Å². The van der Waals surface area contributed by atoms with Crippen molar-refractivity contribution in [2.75, 3.05) is 0 Å². The molecular weight excluding hydrogens is 405 g/mol. The Balaban J connectivity index is 0.00000300. The number of carbonyl (C=O) groups is 1. The molecule has 0 aliphatic heterocycles. The number of nitrogens with two attached hydrogens (primary N) is 1. The van der Waals surface area contributed by atoms with Crippen molar-refractivity contribution in [3.8, 4) is 0 Å². The topological polar surface area (TPSA) is 83.8 Å². The van der Waals surface area contributed by atoms with E-state index in [0.29, 0.717) is 12.0 Å². The summed E-state index contributed by atoms with van der Waals surface area (Å²) in [5, 5.41) is 2.92. The fraction of sp³-hybridized carbons (Fsp3) is 0.300. The fourth-order valence-corrected chi connectivity index (χ4v) is 3.04. The van der Waals surface area contributed by atoms with Crippen LogP contribution in [0.2, 0.25) is 0 Å². The van der Waals surface area contributed by atoms with Gasteiger partial charge in [0.2, 0.25) is 11.7 Å². The Bertz CT molecular complexity index is 959. The van der Waals surface area contributed by atoms with Crippen LogP contribution in [0.25, 0.3) is 11.0 Å². The summed E-state index contributed by atoms with van der Waals surface area (Å²) in [7, 11) is 0. The summed E-state index contributed by atoms with van der Waals surface area (Å²) < 4.78 is 38.8. The first-order valence-electron chi connectivity index (χ1n) is 8.97. The molecule has 4 N–H and O–H groups in total. The Labute approximate surface area is 172 Å². The van der Waals surface area contributed by atoms with Gasteiger partial charge in [0.25, 0.3) is 0 Å². The molecule has 0 saturated heterocycles. The molecule has 0 bridgehead atoms. The molecule has 0 spiro atoms. The second-order valence-electron chi connectivity index (χ2n) is 6.61. The van der Waals surface area contributed by atoms with E-state index < -0.39 is 24.1 Å². The summed E-state index contributed by atoms with van der Waals surface area (Å²) in [6.45, 7) is 1.94. The number of alkyl halides is 3. The van der Waals surface area contributed by atoms with E-state index in [2.05, 4.69) is 15.3 Å². The smallest absolute Gasteiger partial charge is 0.344 e. The molecule has 2 atom stereocenters. The number of H-pyrrole nitrogens is 1. The first-order chi connectivity index (χ1) is 13.3. The predicted molar refractivity (Wildman–Crippen MR) is 108 cm³/mol. The highest BCUT2D eigenvalue weighted by Crippen LogP contribution is 2.30. The minimum absolute atomic E-state index is 0. The zero-order chi connectivity index (χ0) is 20.3. The predicted octanol–water partition coefficient (Wildman–Crippen LogP) is 4.34. The summed E-state index contributed by atoms with van der Waals surface area (Å²) in [6, 6.07) is 12.7. The van der Waals surface area contributed by atoms with E-state index in [1.807, 2.05) is 37.3 Å². The number of amides is 1. The molecule has 156 valence electrons. The van der Waals surface area contributed by atoms with Crippen LogP contribution in [0.3, 0.4) is 0 Å². The number of fused-ring (bicyclic) bond motifs is 1. The number of hydrogen-bond acceptors (Lipinski definition) is 3. The van der Waals surface area contributed by atoms with Gasteiger partial charge in [-0.1, -0.05) is 49.7 Å². The van der Waals surface area contributed by atoms with Crippen LogP contribution in [0.15, 0.2) is 48.5 Å². The largest absolute Gasteiger partial charge is 0.449 e. The molecule has 1 heterocycles. The van der Waals surface area contributed by atoms with Crippen molar-refractivity contribution in [2.24, 2.45) is 5.73 Å². The molecule has 3 rings (SSSR count). The standard InChI is InChI=1S/C20H21F3N4O.ClH/c1-2-6-14(24)18(28)27-17(12-7-4-3-5-8-12)13-9-10-15-16(11-13)26-19(25-15)20(21,22)23;/h3-5,7-11,14,17H,2,6,24H2,1H3,(H,25,26)(H,27,28);1H. The van der Waals surface area contributed by atoms with Gasteiger partial charge in [0.15, 0.2) is 0 Å². The van der Waals surface area contributed by atoms with Crippen LogP contribution in [0, 0.1) is 0 Å². The van der Waals surface area contributed by atoms with Crippen molar-refractivity contribution in [3.05, 3.63) is 65.5 Å². The second kappa shape index (κ2) is 9.28. The molecule has 0 aliphatic carbocycles. The van der Waals surface area contributed by atoms with E-state index in [9.17, 15) is 18.0 Å². The van der Waals surface area contributed by atoms with E-state index in [1.54, 1.807) is 12.1 Å². The molecule has 2 unspecified atom stereocenters. The lowest BCUT2D eigenvalue weighted by molar-refractivity contribution is -0.144. The summed E-state index contributed by atoms with van der Waals surface area (Å²) in [4.78, 5) is 18.4. The van der Waals surface area contributed by atoms with Crippen molar-refractivity contribution < 1.29 is 18.0 Å². The normalized spacial score (nSPS) is 13.6. The number of nitrogens with one attached hydrogen (secondary N) is 2. The molecule has 5 nitrogen and oxygen atoms in total. The van der Waals surface area contributed by atoms with Crippen LogP contribution in [-0.4, -0.2) is 21.9 Å². The molecule has 3 aromatic rings. The third-order valence-corrected chi connectivity index (χ3v) is 4.46. The highest BCUT2D eigenvalue weighted by molar-refractivity contribution is 5.85. The van der Waals surface area contributed by atoms with Gasteiger partial charge in [-0.3, -0.25) is 4.79 Å². The summed E-state index contributed by atoms with van der Waals surface area (Å²) in [5.41, 5.74) is 7.81. The molecule has 1 aromatic heterocycles. The molecular formula is C20H22ClF3N4O. The van der Waals surface area contributed by atoms with Gasteiger partial charge in [-0.05, 0) is 29.7 Å². The van der Waals surface area contributed by atoms with Gasteiger partial charge < -0.3 is 16.0 Å². The first kappa shape index (κ1) is 22.7. The van der Waals surface area contributed by atoms with Crippen LogP contribution in [0.1, 0.15) is 42.8 Å². The lowest BCUT2D eigenvalue weighted by Crippen LogP contribution is -2.42. The Kier molecular flexibility index (Phi) is 7.26. The molecule has 0 fully saturated rings. The molecule has 0 aliphatic rings. The van der Waals surface area contributed by atoms with Gasteiger partial charge in [0.05, 0.1) is 23.1 Å². The lowest BCUT2D eigenvalue weighted by Gasteiger charge is -2.22. The molecule has 1 amide bonds. The van der Waals surface area contributed by atoms with Gasteiger partial charge in [-0.2, -0.15) is 13.2 Å². The zero-order valence-electron chi connectivity index (χ0n) is 15.7. The van der Waals surface area contributed by atoms with Gasteiger partial charge in [-0.25, -0.2) is 4.98 Å². The van der Waals surface area contributed by atoms with Crippen LogP contribution < -0.4 is 11.1 Å². The van der Waals surface area contributed by atoms with Crippen LogP contribution in [0.4, 0.5) is 13.2 Å². The van der Waals surface area contributed by atoms with Crippen molar-refractivity contribution in [3.63, 3.8) is 0 Å². The number of rotatable bonds is 6. The second-order valence-corrected chi connectivity index (χ2v) is 6.61. The van der Waals surface area contributed by atoms with Gasteiger partial charge in [0, 0.05) is 0 Å². The molecule has 9 heteroatoms. The van der Waals surface area contributed by atoms with Crippen molar-refractivity contribution >= 4 is 29.3 Å². The molecule has 2 aromatic carbocycles. The van der Waals surface area contributed by atoms with E-state index in [-0.39, 0.29) is 29.3 Å². The van der Waals surface area contributed by atoms with E-state index in [0.717, 1.165) is 12.0 Å². The SMILES string of the molecule is CCCC(N)C(=O)NC(c1ccccc1)c1ccc2nc(C(F)(F)F)[nH]c2c1.Cl. The van der Waals surface area contributed by atoms with E-state index in [4.69, 9.17) is 5.73 Å². The number of aromatic amines is 1. The first-order valence-corrected chi connectivity index (χ1v) is 8.97. The fourth-order valence-electron chi connectivity index (χ4n) is 3.04. The average Bonchev–Trinajstić information content (AvgIpc) is 3.10. The maximum absolute atomic E-state index is 12.9. The number of imidazole rings is 1. The number of carbonyl (C=O) groups excluding carboxylic acids is 1. The number of hydrogen-bond donors (Lipinski definition) is 3.